The zero-order valence-electron chi connectivity index (χ0n) is 17.7. The van der Waals surface area contributed by atoms with Gasteiger partial charge < -0.3 is 20.7 Å². The fourth-order valence-corrected chi connectivity index (χ4v) is 2.58. The van der Waals surface area contributed by atoms with Crippen LogP contribution in [0.2, 0.25) is 0 Å². The van der Waals surface area contributed by atoms with Crippen LogP contribution in [-0.2, 0) is 11.2 Å². The summed E-state index contributed by atoms with van der Waals surface area (Å²) in [5.74, 6) is 0.384. The third-order valence-corrected chi connectivity index (χ3v) is 4.14. The molecule has 0 aliphatic heterocycles. The number of nitrogens with one attached hydrogen (secondary N) is 4. The van der Waals surface area contributed by atoms with Crippen molar-refractivity contribution in [2.75, 3.05) is 25.5 Å². The maximum absolute atomic E-state index is 11.8. The highest BCUT2D eigenvalue weighted by Crippen LogP contribution is 2.21. The van der Waals surface area contributed by atoms with Crippen molar-refractivity contribution in [1.29, 1.82) is 5.41 Å². The van der Waals surface area contributed by atoms with E-state index >= 15 is 0 Å². The number of rotatable bonds is 8. The third kappa shape index (κ3) is 7.85. The number of nitrogens with zero attached hydrogens (tertiary/aromatic N) is 1. The molecule has 0 aromatic carbocycles. The first-order valence-corrected chi connectivity index (χ1v) is 9.43. The molecular formula is C20H35N5O2. The number of alkyl carbamates (subject to hydrolysis) is 1. The molecule has 0 spiro atoms. The minimum Gasteiger partial charge on any atom is -0.444 e. The number of ether oxygens (including phenoxy) is 1. The molecule has 0 aliphatic carbocycles. The molecule has 0 atom stereocenters. The van der Waals surface area contributed by atoms with Crippen LogP contribution in [0, 0.1) is 10.8 Å². The number of carbonyl (C=O) groups is 1. The monoisotopic (exact) mass is 377 g/mol. The number of carbonyl (C=O) groups excluding carboxylic acids is 1. The Balaban J connectivity index is 2.57. The molecule has 1 heterocycles. The van der Waals surface area contributed by atoms with E-state index in [2.05, 4.69) is 41.7 Å². The van der Waals surface area contributed by atoms with Gasteiger partial charge in [-0.1, -0.05) is 20.8 Å². The highest BCUT2D eigenvalue weighted by molar-refractivity contribution is 6.02. The second-order valence-electron chi connectivity index (χ2n) is 8.40. The predicted octanol–water partition coefficient (Wildman–Crippen LogP) is 3.54. The first kappa shape index (κ1) is 22.7. The molecule has 7 nitrogen and oxygen atoms in total. The maximum Gasteiger partial charge on any atom is 0.407 e. The van der Waals surface area contributed by atoms with Crippen LogP contribution < -0.4 is 16.0 Å². The molecule has 0 unspecified atom stereocenters. The number of anilines is 1. The zero-order valence-corrected chi connectivity index (χ0v) is 17.7. The van der Waals surface area contributed by atoms with Gasteiger partial charge in [0.05, 0.1) is 11.9 Å². The molecule has 0 radical (unpaired) electrons. The smallest absolute Gasteiger partial charge is 0.407 e. The van der Waals surface area contributed by atoms with Gasteiger partial charge in [0.1, 0.15) is 11.4 Å². The summed E-state index contributed by atoms with van der Waals surface area (Å²) >= 11 is 0. The Kier molecular flexibility index (Phi) is 8.06. The molecule has 27 heavy (non-hydrogen) atoms. The number of pyridine rings is 1. The lowest BCUT2D eigenvalue weighted by molar-refractivity contribution is 0.0505. The third-order valence-electron chi connectivity index (χ3n) is 4.14. The van der Waals surface area contributed by atoms with Gasteiger partial charge >= 0.3 is 6.09 Å². The van der Waals surface area contributed by atoms with Crippen LogP contribution in [0.3, 0.4) is 0 Å². The van der Waals surface area contributed by atoms with Gasteiger partial charge in [0, 0.05) is 31.9 Å². The largest absolute Gasteiger partial charge is 0.444 e. The predicted molar refractivity (Wildman–Crippen MR) is 111 cm³/mol. The van der Waals surface area contributed by atoms with E-state index in [9.17, 15) is 4.79 Å². The van der Waals surface area contributed by atoms with Gasteiger partial charge in [0.25, 0.3) is 0 Å². The van der Waals surface area contributed by atoms with Crippen LogP contribution in [0.4, 0.5) is 10.5 Å². The number of aryl methyl sites for hydroxylation is 1. The van der Waals surface area contributed by atoms with Crippen molar-refractivity contribution in [1.82, 2.24) is 15.6 Å². The number of hydrogen-bond donors (Lipinski definition) is 4. The molecule has 1 aromatic heterocycles. The van der Waals surface area contributed by atoms with Crippen molar-refractivity contribution in [2.24, 2.45) is 5.41 Å². The second-order valence-corrected chi connectivity index (χ2v) is 8.40. The van der Waals surface area contributed by atoms with Gasteiger partial charge in [0.2, 0.25) is 0 Å². The normalized spacial score (nSPS) is 11.7. The molecular weight excluding hydrogens is 342 g/mol. The van der Waals surface area contributed by atoms with Crippen molar-refractivity contribution >= 4 is 17.6 Å². The van der Waals surface area contributed by atoms with Crippen molar-refractivity contribution in [3.05, 3.63) is 23.5 Å². The van der Waals surface area contributed by atoms with Crippen LogP contribution in [0.25, 0.3) is 0 Å². The summed E-state index contributed by atoms with van der Waals surface area (Å²) < 4.78 is 5.27. The van der Waals surface area contributed by atoms with Crippen molar-refractivity contribution in [3.8, 4) is 0 Å². The SMILES string of the molecule is CCc1cncc(NC)c1C(=N)NCCC(C)(C)CNC(=O)OC(C)(C)C. The van der Waals surface area contributed by atoms with Gasteiger partial charge in [-0.3, -0.25) is 10.4 Å². The molecule has 0 saturated heterocycles. The second kappa shape index (κ2) is 9.58. The molecule has 0 bridgehead atoms. The highest BCUT2D eigenvalue weighted by atomic mass is 16.6. The molecule has 0 aliphatic rings. The van der Waals surface area contributed by atoms with Crippen LogP contribution >= 0.6 is 0 Å². The van der Waals surface area contributed by atoms with Gasteiger partial charge in [-0.15, -0.1) is 0 Å². The Bertz CT molecular complexity index is 628. The summed E-state index contributed by atoms with van der Waals surface area (Å²) in [6.07, 6.45) is 4.75. The molecule has 4 N–H and O–H groups in total. The molecule has 1 rings (SSSR count). The fourth-order valence-electron chi connectivity index (χ4n) is 2.58. The Labute approximate surface area is 163 Å². The van der Waals surface area contributed by atoms with E-state index in [1.165, 1.54) is 0 Å². The van der Waals surface area contributed by atoms with Crippen LogP contribution in [0.15, 0.2) is 12.4 Å². The topological polar surface area (TPSA) is 99.1 Å². The van der Waals surface area contributed by atoms with E-state index in [-0.39, 0.29) is 5.41 Å². The molecule has 7 heteroatoms. The van der Waals surface area contributed by atoms with Crippen LogP contribution in [0.5, 0.6) is 0 Å². The minimum absolute atomic E-state index is 0.123. The number of amidine groups is 1. The van der Waals surface area contributed by atoms with Crippen molar-refractivity contribution in [2.45, 2.75) is 60.0 Å². The molecule has 0 fully saturated rings. The molecule has 1 amide bonds. The number of amides is 1. The molecule has 152 valence electrons. The fraction of sp³-hybridized carbons (Fsp3) is 0.650. The lowest BCUT2D eigenvalue weighted by Crippen LogP contribution is -2.39. The van der Waals surface area contributed by atoms with E-state index in [0.29, 0.717) is 18.9 Å². The average Bonchev–Trinajstić information content (AvgIpc) is 2.57. The van der Waals surface area contributed by atoms with E-state index in [4.69, 9.17) is 10.1 Å². The van der Waals surface area contributed by atoms with E-state index in [1.54, 1.807) is 12.4 Å². The standard InChI is InChI=1S/C20H35N5O2/c1-8-14-11-23-12-15(22-7)16(14)17(21)24-10-9-20(5,6)13-25-18(26)27-19(2,3)4/h11-12,22H,8-10,13H2,1-7H3,(H2,21,24)(H,25,26). The highest BCUT2D eigenvalue weighted by Gasteiger charge is 2.22. The maximum atomic E-state index is 11.8. The summed E-state index contributed by atoms with van der Waals surface area (Å²) in [5, 5.41) is 17.6. The summed E-state index contributed by atoms with van der Waals surface area (Å²) in [6, 6.07) is 0. The Hall–Kier alpha value is -2.31. The molecule has 0 saturated carbocycles. The van der Waals surface area contributed by atoms with Crippen LogP contribution in [-0.4, -0.2) is 42.7 Å². The van der Waals surface area contributed by atoms with E-state index < -0.39 is 11.7 Å². The van der Waals surface area contributed by atoms with Crippen molar-refractivity contribution in [3.63, 3.8) is 0 Å². The Morgan fingerprint density at radius 3 is 2.41 bits per heavy atom. The lowest BCUT2D eigenvalue weighted by Gasteiger charge is -2.27. The summed E-state index contributed by atoms with van der Waals surface area (Å²) in [6.45, 7) is 12.9. The summed E-state index contributed by atoms with van der Waals surface area (Å²) in [7, 11) is 1.83. The minimum atomic E-state index is -0.503. The zero-order chi connectivity index (χ0) is 20.7. The summed E-state index contributed by atoms with van der Waals surface area (Å²) in [4.78, 5) is 16.0. The first-order valence-electron chi connectivity index (χ1n) is 9.43. The molecule has 1 aromatic rings. The first-order chi connectivity index (χ1) is 12.5. The van der Waals surface area contributed by atoms with Gasteiger partial charge in [-0.05, 0) is 44.6 Å². The van der Waals surface area contributed by atoms with Crippen LogP contribution in [0.1, 0.15) is 59.1 Å². The van der Waals surface area contributed by atoms with Crippen molar-refractivity contribution < 1.29 is 9.53 Å². The summed E-state index contributed by atoms with van der Waals surface area (Å²) in [5.41, 5.74) is 2.11. The van der Waals surface area contributed by atoms with Gasteiger partial charge in [-0.25, -0.2) is 4.79 Å². The average molecular weight is 378 g/mol. The lowest BCUT2D eigenvalue weighted by atomic mass is 9.89. The number of hydrogen-bond acceptors (Lipinski definition) is 5. The number of aromatic nitrogens is 1. The Morgan fingerprint density at radius 2 is 1.85 bits per heavy atom. The van der Waals surface area contributed by atoms with E-state index in [1.807, 2.05) is 27.8 Å². The van der Waals surface area contributed by atoms with Gasteiger partial charge in [-0.2, -0.15) is 0 Å². The van der Waals surface area contributed by atoms with Gasteiger partial charge in [0.15, 0.2) is 0 Å². The Morgan fingerprint density at radius 1 is 1.19 bits per heavy atom. The van der Waals surface area contributed by atoms with E-state index in [0.717, 1.165) is 29.7 Å². The quantitative estimate of drug-likeness (QED) is 0.410.